The molecule has 2 aromatic carbocycles. The van der Waals surface area contributed by atoms with Crippen LogP contribution in [-0.2, 0) is 35.5 Å². The topological polar surface area (TPSA) is 80.6 Å². The molecule has 1 aromatic heterocycles. The molecule has 0 fully saturated rings. The average molecular weight is 413 g/mol. The van der Waals surface area contributed by atoms with Gasteiger partial charge in [-0.15, -0.1) is 0 Å². The van der Waals surface area contributed by atoms with Gasteiger partial charge in [0.25, 0.3) is 0 Å². The Balaban J connectivity index is 1.51. The van der Waals surface area contributed by atoms with Crippen LogP contribution in [0.2, 0.25) is 5.02 Å². The van der Waals surface area contributed by atoms with Crippen LogP contribution in [0.15, 0.2) is 48.5 Å². The Bertz CT molecular complexity index is 1060. The monoisotopic (exact) mass is 412 g/mol. The maximum atomic E-state index is 12.2. The number of rotatable bonds is 5. The number of para-hydroxylation sites is 1. The number of nitrogens with zero attached hydrogens (tertiary/aromatic N) is 1. The molecule has 4 rings (SSSR count). The van der Waals surface area contributed by atoms with Crippen LogP contribution in [0.3, 0.4) is 0 Å². The van der Waals surface area contributed by atoms with Gasteiger partial charge in [-0.05, 0) is 36.5 Å². The number of carboxylic acid groups (broad SMARTS) is 1. The van der Waals surface area contributed by atoms with E-state index in [1.807, 2.05) is 42.5 Å². The molecule has 150 valence electrons. The highest BCUT2D eigenvalue weighted by molar-refractivity contribution is 6.35. The molecule has 3 aromatic rings. The molecule has 7 heteroatoms. The van der Waals surface area contributed by atoms with Crippen LogP contribution < -0.4 is 5.32 Å². The fraction of sp³-hybridized carbons (Fsp3) is 0.273. The second kappa shape index (κ2) is 8.17. The third-order valence-electron chi connectivity index (χ3n) is 5.26. The smallest absolute Gasteiger partial charge is 0.407 e. The normalized spacial score (nSPS) is 15.7. The number of aromatic nitrogens is 1. The minimum atomic E-state index is -0.908. The Morgan fingerprint density at radius 1 is 1.17 bits per heavy atom. The number of benzene rings is 2. The van der Waals surface area contributed by atoms with E-state index in [1.54, 1.807) is 10.6 Å². The molecule has 2 N–H and O–H groups in total. The first kappa shape index (κ1) is 19.3. The molecule has 1 aliphatic carbocycles. The number of alkyl carbamates (subject to hydrolysis) is 1. The van der Waals surface area contributed by atoms with Gasteiger partial charge in [-0.1, -0.05) is 54.1 Å². The van der Waals surface area contributed by atoms with Crippen LogP contribution in [0.1, 0.15) is 23.2 Å². The highest BCUT2D eigenvalue weighted by Gasteiger charge is 2.28. The van der Waals surface area contributed by atoms with Crippen LogP contribution in [0, 0.1) is 0 Å². The molecule has 1 unspecified atom stereocenters. The van der Waals surface area contributed by atoms with Gasteiger partial charge in [0, 0.05) is 17.1 Å². The van der Waals surface area contributed by atoms with E-state index in [-0.39, 0.29) is 19.2 Å². The lowest BCUT2D eigenvalue weighted by Gasteiger charge is -2.24. The molecule has 0 saturated carbocycles. The molecule has 1 heterocycles. The maximum absolute atomic E-state index is 12.2. The zero-order chi connectivity index (χ0) is 20.4. The van der Waals surface area contributed by atoms with Crippen LogP contribution in [0.25, 0.3) is 10.9 Å². The van der Waals surface area contributed by atoms with E-state index in [1.165, 1.54) is 0 Å². The summed E-state index contributed by atoms with van der Waals surface area (Å²) in [5.41, 5.74) is 3.70. The van der Waals surface area contributed by atoms with Crippen molar-refractivity contribution in [3.05, 3.63) is 70.4 Å². The van der Waals surface area contributed by atoms with Crippen molar-refractivity contribution < 1.29 is 19.4 Å². The molecule has 1 amide bonds. The summed E-state index contributed by atoms with van der Waals surface area (Å²) in [6, 6.07) is 15.0. The Morgan fingerprint density at radius 3 is 2.72 bits per heavy atom. The van der Waals surface area contributed by atoms with Crippen molar-refractivity contribution in [2.24, 2.45) is 0 Å². The first-order chi connectivity index (χ1) is 14.0. The summed E-state index contributed by atoms with van der Waals surface area (Å²) >= 11 is 6.38. The Kier molecular flexibility index (Phi) is 5.45. The van der Waals surface area contributed by atoms with Crippen molar-refractivity contribution >= 4 is 34.6 Å². The molecule has 0 aliphatic heterocycles. The molecule has 0 spiro atoms. The van der Waals surface area contributed by atoms with E-state index in [9.17, 15) is 14.7 Å². The van der Waals surface area contributed by atoms with E-state index < -0.39 is 12.1 Å². The van der Waals surface area contributed by atoms with E-state index in [0.717, 1.165) is 27.7 Å². The number of nitrogens with one attached hydrogen (secondary N) is 1. The third kappa shape index (κ3) is 4.07. The number of carbonyl (C=O) groups excluding carboxylic acids is 1. The molecule has 0 radical (unpaired) electrons. The molecule has 29 heavy (non-hydrogen) atoms. The van der Waals surface area contributed by atoms with Gasteiger partial charge in [0.2, 0.25) is 0 Å². The maximum Gasteiger partial charge on any atom is 0.407 e. The van der Waals surface area contributed by atoms with Crippen LogP contribution in [0.5, 0.6) is 0 Å². The van der Waals surface area contributed by atoms with Gasteiger partial charge >= 0.3 is 12.1 Å². The van der Waals surface area contributed by atoms with Crippen LogP contribution >= 0.6 is 11.6 Å². The highest BCUT2D eigenvalue weighted by atomic mass is 35.5. The van der Waals surface area contributed by atoms with E-state index in [2.05, 4.69) is 5.32 Å². The number of hydrogen-bond acceptors (Lipinski definition) is 3. The van der Waals surface area contributed by atoms with Crippen LogP contribution in [0.4, 0.5) is 4.79 Å². The Labute approximate surface area is 173 Å². The molecule has 1 aliphatic rings. The number of ether oxygens (including phenoxy) is 1. The van der Waals surface area contributed by atoms with Gasteiger partial charge in [0.15, 0.2) is 0 Å². The summed E-state index contributed by atoms with van der Waals surface area (Å²) in [5.74, 6) is -0.908. The fourth-order valence-electron chi connectivity index (χ4n) is 4.02. The van der Waals surface area contributed by atoms with E-state index in [4.69, 9.17) is 16.3 Å². The molecule has 1 atom stereocenters. The number of amides is 1. The zero-order valence-corrected chi connectivity index (χ0v) is 16.5. The number of carboxylic acids is 1. The highest BCUT2D eigenvalue weighted by Crippen LogP contribution is 2.35. The van der Waals surface area contributed by atoms with Crippen molar-refractivity contribution in [3.63, 3.8) is 0 Å². The quantitative estimate of drug-likeness (QED) is 0.659. The zero-order valence-electron chi connectivity index (χ0n) is 15.7. The number of fused-ring (bicyclic) bond motifs is 3. The summed E-state index contributed by atoms with van der Waals surface area (Å²) in [5, 5.41) is 13.7. The number of carbonyl (C=O) groups is 2. The molecular formula is C22H21ClN2O4. The van der Waals surface area contributed by atoms with Crippen molar-refractivity contribution in [1.82, 2.24) is 9.88 Å². The van der Waals surface area contributed by atoms with Gasteiger partial charge in [-0.3, -0.25) is 4.79 Å². The van der Waals surface area contributed by atoms with Gasteiger partial charge in [0.1, 0.15) is 13.2 Å². The summed E-state index contributed by atoms with van der Waals surface area (Å²) in [7, 11) is 0. The molecule has 0 bridgehead atoms. The van der Waals surface area contributed by atoms with Crippen molar-refractivity contribution in [2.75, 3.05) is 0 Å². The average Bonchev–Trinajstić information content (AvgIpc) is 3.01. The summed E-state index contributed by atoms with van der Waals surface area (Å²) in [4.78, 5) is 23.6. The van der Waals surface area contributed by atoms with Crippen molar-refractivity contribution in [3.8, 4) is 0 Å². The van der Waals surface area contributed by atoms with Gasteiger partial charge in [-0.2, -0.15) is 0 Å². The van der Waals surface area contributed by atoms with E-state index >= 15 is 0 Å². The predicted octanol–water partition coefficient (Wildman–Crippen LogP) is 4.16. The third-order valence-corrected chi connectivity index (χ3v) is 5.57. The van der Waals surface area contributed by atoms with Gasteiger partial charge < -0.3 is 19.7 Å². The second-order valence-corrected chi connectivity index (χ2v) is 7.59. The molecule has 0 saturated heterocycles. The van der Waals surface area contributed by atoms with Gasteiger partial charge in [-0.25, -0.2) is 4.79 Å². The second-order valence-electron chi connectivity index (χ2n) is 7.19. The van der Waals surface area contributed by atoms with Crippen LogP contribution in [-0.4, -0.2) is 27.8 Å². The first-order valence-electron chi connectivity index (χ1n) is 9.50. The Morgan fingerprint density at radius 2 is 1.97 bits per heavy atom. The lowest BCUT2D eigenvalue weighted by molar-refractivity contribution is -0.137. The standard InChI is InChI=1S/C22H21ClN2O4/c23-18-8-4-7-16-17-11-15(9-10-19(17)25(21(16)18)12-20(26)27)24-22(28)29-13-14-5-2-1-3-6-14/h1-8,15H,9-13H2,(H,24,28)(H,26,27). The minimum absolute atomic E-state index is 0.0753. The number of halogens is 1. The Hall–Kier alpha value is -2.99. The largest absolute Gasteiger partial charge is 0.480 e. The molecular weight excluding hydrogens is 392 g/mol. The van der Waals surface area contributed by atoms with E-state index in [0.29, 0.717) is 24.3 Å². The SMILES string of the molecule is O=C(O)Cn1c2c(c3cccc(Cl)c31)CC(NC(=O)OCc1ccccc1)CC2. The molecule has 6 nitrogen and oxygen atoms in total. The van der Waals surface area contributed by atoms with Crippen molar-refractivity contribution in [1.29, 1.82) is 0 Å². The first-order valence-corrected chi connectivity index (χ1v) is 9.88. The minimum Gasteiger partial charge on any atom is -0.480 e. The lowest BCUT2D eigenvalue weighted by Crippen LogP contribution is -2.39. The van der Waals surface area contributed by atoms with Crippen molar-refractivity contribution in [2.45, 2.75) is 38.5 Å². The number of aliphatic carboxylic acids is 1. The summed E-state index contributed by atoms with van der Waals surface area (Å²) < 4.78 is 7.12. The van der Waals surface area contributed by atoms with Gasteiger partial charge in [0.05, 0.1) is 10.5 Å². The number of hydrogen-bond donors (Lipinski definition) is 2. The fourth-order valence-corrected chi connectivity index (χ4v) is 4.30. The summed E-state index contributed by atoms with van der Waals surface area (Å²) in [6.07, 6.45) is 1.53. The predicted molar refractivity (Wildman–Crippen MR) is 110 cm³/mol. The summed E-state index contributed by atoms with van der Waals surface area (Å²) in [6.45, 7) is 0.0882. The lowest BCUT2D eigenvalue weighted by atomic mass is 9.91.